The summed E-state index contributed by atoms with van der Waals surface area (Å²) in [4.78, 5) is 36.6. The molecule has 13 heteroatoms. The van der Waals surface area contributed by atoms with Gasteiger partial charge in [-0.1, -0.05) is 29.8 Å². The normalized spacial score (nSPS) is 16.7. The predicted molar refractivity (Wildman–Crippen MR) is 141 cm³/mol. The summed E-state index contributed by atoms with van der Waals surface area (Å²) in [6, 6.07) is 7.06. The van der Waals surface area contributed by atoms with Gasteiger partial charge in [0, 0.05) is 37.5 Å². The smallest absolute Gasteiger partial charge is 0.407 e. The van der Waals surface area contributed by atoms with Crippen molar-refractivity contribution in [3.63, 3.8) is 0 Å². The van der Waals surface area contributed by atoms with Crippen LogP contribution in [0.1, 0.15) is 39.2 Å². The van der Waals surface area contributed by atoms with Gasteiger partial charge in [-0.15, -0.1) is 0 Å². The molecular formula is C24H31ClN6O5S. The fourth-order valence-electron chi connectivity index (χ4n) is 4.40. The Hall–Kier alpha value is -3.12. The number of aromatic nitrogens is 4. The standard InChI is InChI=1S/C24H31ClN6O5S/c1-24(2,3)36-23(33)26-16-10-8-12-30(14-16)21-27-19-18(20(32)29(4)22(28-19)37(5,34)35)31(21)13-15-9-6-7-11-17(15)25/h6-7,9,11,16H,8,10,12-14H2,1-5H3,(H,26,33)/t16-/m1/s1. The first-order valence-electron chi connectivity index (χ1n) is 11.9. The fourth-order valence-corrected chi connectivity index (χ4v) is 5.43. The van der Waals surface area contributed by atoms with E-state index in [4.69, 9.17) is 16.3 Å². The van der Waals surface area contributed by atoms with Gasteiger partial charge >= 0.3 is 6.09 Å². The molecule has 2 aromatic heterocycles. The summed E-state index contributed by atoms with van der Waals surface area (Å²) in [6.07, 6.45) is 2.01. The molecule has 0 radical (unpaired) electrons. The van der Waals surface area contributed by atoms with E-state index in [1.54, 1.807) is 31.4 Å². The minimum Gasteiger partial charge on any atom is -0.444 e. The molecule has 1 aliphatic heterocycles. The molecule has 1 amide bonds. The third-order valence-corrected chi connectivity index (χ3v) is 7.36. The van der Waals surface area contributed by atoms with Crippen molar-refractivity contribution in [2.45, 2.75) is 57.0 Å². The number of alkyl carbamates (subject to hydrolysis) is 1. The lowest BCUT2D eigenvalue weighted by molar-refractivity contribution is 0.0499. The average Bonchev–Trinajstić information content (AvgIpc) is 3.14. The molecule has 37 heavy (non-hydrogen) atoms. The Morgan fingerprint density at radius 2 is 1.95 bits per heavy atom. The lowest BCUT2D eigenvalue weighted by Crippen LogP contribution is -2.49. The monoisotopic (exact) mass is 550 g/mol. The van der Waals surface area contributed by atoms with Crippen LogP contribution in [0, 0.1) is 0 Å². The van der Waals surface area contributed by atoms with E-state index in [2.05, 4.69) is 15.3 Å². The second-order valence-electron chi connectivity index (χ2n) is 10.2. The highest BCUT2D eigenvalue weighted by Crippen LogP contribution is 2.27. The van der Waals surface area contributed by atoms with E-state index >= 15 is 0 Å². The van der Waals surface area contributed by atoms with Gasteiger partial charge in [-0.2, -0.15) is 9.97 Å². The van der Waals surface area contributed by atoms with Crippen molar-refractivity contribution in [2.75, 3.05) is 24.2 Å². The summed E-state index contributed by atoms with van der Waals surface area (Å²) < 4.78 is 32.7. The van der Waals surface area contributed by atoms with Crippen LogP contribution in [0.15, 0.2) is 34.2 Å². The molecule has 3 heterocycles. The number of halogens is 1. The Balaban J connectivity index is 1.79. The van der Waals surface area contributed by atoms with Gasteiger partial charge in [0.15, 0.2) is 11.2 Å². The Morgan fingerprint density at radius 3 is 2.59 bits per heavy atom. The van der Waals surface area contributed by atoms with E-state index in [-0.39, 0.29) is 28.9 Å². The third-order valence-electron chi connectivity index (χ3n) is 5.97. The van der Waals surface area contributed by atoms with Crippen molar-refractivity contribution < 1.29 is 17.9 Å². The van der Waals surface area contributed by atoms with Gasteiger partial charge < -0.3 is 15.0 Å². The van der Waals surface area contributed by atoms with Crippen molar-refractivity contribution in [3.8, 4) is 0 Å². The Kier molecular flexibility index (Phi) is 7.26. The molecule has 1 fully saturated rings. The largest absolute Gasteiger partial charge is 0.444 e. The Bertz CT molecular complexity index is 1510. The molecule has 0 spiro atoms. The highest BCUT2D eigenvalue weighted by Gasteiger charge is 2.29. The number of benzene rings is 1. The molecule has 1 saturated heterocycles. The number of rotatable bonds is 5. The molecule has 0 bridgehead atoms. The average molecular weight is 551 g/mol. The van der Waals surface area contributed by atoms with Crippen LogP contribution in [0.25, 0.3) is 11.2 Å². The van der Waals surface area contributed by atoms with Crippen LogP contribution in [-0.2, 0) is 28.2 Å². The zero-order valence-corrected chi connectivity index (χ0v) is 23.1. The van der Waals surface area contributed by atoms with Gasteiger partial charge in [0.25, 0.3) is 5.56 Å². The van der Waals surface area contributed by atoms with Crippen LogP contribution >= 0.6 is 11.6 Å². The molecule has 0 unspecified atom stereocenters. The topological polar surface area (TPSA) is 128 Å². The number of piperidine rings is 1. The van der Waals surface area contributed by atoms with Crippen molar-refractivity contribution in [3.05, 3.63) is 45.2 Å². The third kappa shape index (κ3) is 5.90. The minimum absolute atomic E-state index is 0.0350. The number of anilines is 1. The molecule has 0 aliphatic carbocycles. The number of carbonyl (C=O) groups excluding carboxylic acids is 1. The van der Waals surface area contributed by atoms with E-state index in [1.807, 2.05) is 23.1 Å². The van der Waals surface area contributed by atoms with Crippen molar-refractivity contribution in [1.82, 2.24) is 24.4 Å². The zero-order chi connectivity index (χ0) is 27.1. The van der Waals surface area contributed by atoms with E-state index in [0.717, 1.165) is 29.2 Å². The number of sulfone groups is 1. The van der Waals surface area contributed by atoms with E-state index < -0.39 is 27.1 Å². The maximum atomic E-state index is 13.4. The number of carbonyl (C=O) groups is 1. The molecule has 0 saturated carbocycles. The first-order valence-corrected chi connectivity index (χ1v) is 14.2. The maximum Gasteiger partial charge on any atom is 0.407 e. The molecule has 1 N–H and O–H groups in total. The van der Waals surface area contributed by atoms with Crippen molar-refractivity contribution in [2.24, 2.45) is 7.05 Å². The van der Waals surface area contributed by atoms with E-state index in [0.29, 0.717) is 24.1 Å². The van der Waals surface area contributed by atoms with Crippen LogP contribution in [0.5, 0.6) is 0 Å². The lowest BCUT2D eigenvalue weighted by Gasteiger charge is -2.34. The fraction of sp³-hybridized carbons (Fsp3) is 0.500. The van der Waals surface area contributed by atoms with Gasteiger partial charge in [0.1, 0.15) is 5.60 Å². The van der Waals surface area contributed by atoms with Gasteiger partial charge in [0.05, 0.1) is 6.54 Å². The van der Waals surface area contributed by atoms with Crippen LogP contribution in [0.2, 0.25) is 5.02 Å². The summed E-state index contributed by atoms with van der Waals surface area (Å²) in [5.74, 6) is 0.445. The summed E-state index contributed by atoms with van der Waals surface area (Å²) in [7, 11) is -2.40. The highest BCUT2D eigenvalue weighted by atomic mass is 35.5. The molecular weight excluding hydrogens is 520 g/mol. The molecule has 1 aliphatic rings. The second-order valence-corrected chi connectivity index (χ2v) is 12.5. The number of amides is 1. The molecule has 1 atom stereocenters. The number of nitrogens with one attached hydrogen (secondary N) is 1. The zero-order valence-electron chi connectivity index (χ0n) is 21.5. The SMILES string of the molecule is Cn1c(S(C)(=O)=O)nc2nc(N3CCC[C@@H](NC(=O)OC(C)(C)C)C3)n(Cc3ccccc3Cl)c2c1=O. The quantitative estimate of drug-likeness (QED) is 0.480. The number of imidazole rings is 1. The number of hydrogen-bond acceptors (Lipinski definition) is 8. The summed E-state index contributed by atoms with van der Waals surface area (Å²) >= 11 is 6.43. The highest BCUT2D eigenvalue weighted by molar-refractivity contribution is 7.90. The van der Waals surface area contributed by atoms with Crippen molar-refractivity contribution in [1.29, 1.82) is 0 Å². The lowest BCUT2D eigenvalue weighted by atomic mass is 10.1. The van der Waals surface area contributed by atoms with Gasteiger partial charge in [-0.3, -0.25) is 13.9 Å². The predicted octanol–water partition coefficient (Wildman–Crippen LogP) is 2.73. The van der Waals surface area contributed by atoms with Crippen molar-refractivity contribution >= 4 is 44.6 Å². The number of hydrogen-bond donors (Lipinski definition) is 1. The Morgan fingerprint density at radius 1 is 1.24 bits per heavy atom. The molecule has 3 aromatic rings. The molecule has 4 rings (SSSR count). The van der Waals surface area contributed by atoms with Crippen LogP contribution < -0.4 is 15.8 Å². The number of fused-ring (bicyclic) bond motifs is 1. The summed E-state index contributed by atoms with van der Waals surface area (Å²) in [6.45, 7) is 6.67. The van der Waals surface area contributed by atoms with Gasteiger partial charge in [0.2, 0.25) is 20.9 Å². The molecule has 11 nitrogen and oxygen atoms in total. The first kappa shape index (κ1) is 26.9. The van der Waals surface area contributed by atoms with E-state index in [1.165, 1.54) is 7.05 Å². The van der Waals surface area contributed by atoms with E-state index in [9.17, 15) is 18.0 Å². The van der Waals surface area contributed by atoms with Gasteiger partial charge in [-0.05, 0) is 45.2 Å². The van der Waals surface area contributed by atoms with Gasteiger partial charge in [-0.25, -0.2) is 13.2 Å². The van der Waals surface area contributed by atoms with Crippen LogP contribution in [0.4, 0.5) is 10.7 Å². The molecule has 200 valence electrons. The molecule has 1 aromatic carbocycles. The summed E-state index contributed by atoms with van der Waals surface area (Å²) in [5.41, 5.74) is -0.180. The first-order chi connectivity index (χ1) is 17.2. The summed E-state index contributed by atoms with van der Waals surface area (Å²) in [5, 5.41) is 3.08. The number of ether oxygens (including phenoxy) is 1. The number of nitrogens with zero attached hydrogens (tertiary/aromatic N) is 5. The van der Waals surface area contributed by atoms with Crippen LogP contribution in [0.3, 0.4) is 0 Å². The second kappa shape index (κ2) is 9.97. The Labute approximate surface area is 220 Å². The van der Waals surface area contributed by atoms with Crippen LogP contribution in [-0.4, -0.2) is 64.6 Å². The minimum atomic E-state index is -3.77. The maximum absolute atomic E-state index is 13.4.